The second-order valence-corrected chi connectivity index (χ2v) is 7.28. The maximum absolute atomic E-state index is 13.1. The van der Waals surface area contributed by atoms with Gasteiger partial charge in [-0.3, -0.25) is 13.9 Å². The van der Waals surface area contributed by atoms with E-state index in [1.807, 2.05) is 19.9 Å². The van der Waals surface area contributed by atoms with Crippen molar-refractivity contribution in [1.82, 2.24) is 19.3 Å². The SMILES string of the molecule is CC[C@@H](C)n1c(=O)c2ccccc2n(Cc2nc(-c3cccc(Cl)c3)no2)c1=O. The smallest absolute Gasteiger partial charge is 0.332 e. The third-order valence-corrected chi connectivity index (χ3v) is 5.19. The highest BCUT2D eigenvalue weighted by atomic mass is 35.5. The fraction of sp³-hybridized carbons (Fsp3) is 0.238. The Hall–Kier alpha value is -3.19. The van der Waals surface area contributed by atoms with Crippen LogP contribution in [0.1, 0.15) is 32.2 Å². The third-order valence-electron chi connectivity index (χ3n) is 4.96. The summed E-state index contributed by atoms with van der Waals surface area (Å²) in [4.78, 5) is 30.4. The molecule has 2 aromatic carbocycles. The molecule has 2 heterocycles. The van der Waals surface area contributed by atoms with Crippen LogP contribution in [0.25, 0.3) is 22.3 Å². The minimum atomic E-state index is -0.398. The molecular weight excluding hydrogens is 392 g/mol. The second kappa shape index (κ2) is 7.67. The lowest BCUT2D eigenvalue weighted by Crippen LogP contribution is -2.41. The maximum atomic E-state index is 13.1. The molecule has 0 spiro atoms. The van der Waals surface area contributed by atoms with Gasteiger partial charge in [-0.2, -0.15) is 4.98 Å². The summed E-state index contributed by atoms with van der Waals surface area (Å²) in [5, 5.41) is 5.04. The first-order chi connectivity index (χ1) is 14.0. The van der Waals surface area contributed by atoms with Crippen molar-refractivity contribution >= 4 is 22.5 Å². The average molecular weight is 411 g/mol. The Morgan fingerprint density at radius 2 is 1.93 bits per heavy atom. The standard InChI is InChI=1S/C21H19ClN4O3/c1-3-13(2)26-20(27)16-9-4-5-10-17(16)25(21(26)28)12-18-23-19(24-29-18)14-7-6-8-15(22)11-14/h4-11,13H,3,12H2,1-2H3/t13-/m1/s1. The number of rotatable bonds is 5. The molecule has 0 aliphatic carbocycles. The second-order valence-electron chi connectivity index (χ2n) is 6.84. The van der Waals surface area contributed by atoms with E-state index in [-0.39, 0.29) is 24.0 Å². The minimum absolute atomic E-state index is 0.0592. The summed E-state index contributed by atoms with van der Waals surface area (Å²) in [7, 11) is 0. The lowest BCUT2D eigenvalue weighted by molar-refractivity contribution is 0.367. The van der Waals surface area contributed by atoms with Crippen LogP contribution < -0.4 is 11.2 Å². The Balaban J connectivity index is 1.83. The highest BCUT2D eigenvalue weighted by Crippen LogP contribution is 2.20. The van der Waals surface area contributed by atoms with Gasteiger partial charge in [0, 0.05) is 16.6 Å². The van der Waals surface area contributed by atoms with Crippen molar-refractivity contribution in [2.75, 3.05) is 0 Å². The van der Waals surface area contributed by atoms with Crippen LogP contribution in [0, 0.1) is 0 Å². The fourth-order valence-electron chi connectivity index (χ4n) is 3.26. The van der Waals surface area contributed by atoms with E-state index >= 15 is 0 Å². The van der Waals surface area contributed by atoms with Crippen molar-refractivity contribution in [1.29, 1.82) is 0 Å². The maximum Gasteiger partial charge on any atom is 0.332 e. The topological polar surface area (TPSA) is 82.9 Å². The number of para-hydroxylation sites is 1. The fourth-order valence-corrected chi connectivity index (χ4v) is 3.45. The number of nitrogens with zero attached hydrogens (tertiary/aromatic N) is 4. The molecule has 0 saturated heterocycles. The van der Waals surface area contributed by atoms with Crippen LogP contribution in [0.2, 0.25) is 5.02 Å². The zero-order chi connectivity index (χ0) is 20.5. The average Bonchev–Trinajstić information content (AvgIpc) is 3.20. The molecule has 0 radical (unpaired) electrons. The van der Waals surface area contributed by atoms with Gasteiger partial charge in [-0.05, 0) is 37.6 Å². The first-order valence-electron chi connectivity index (χ1n) is 9.32. The molecular formula is C21H19ClN4O3. The zero-order valence-electron chi connectivity index (χ0n) is 16.0. The summed E-state index contributed by atoms with van der Waals surface area (Å²) in [5.41, 5.74) is 0.561. The summed E-state index contributed by atoms with van der Waals surface area (Å²) in [6, 6.07) is 13.9. The molecule has 1 atom stereocenters. The van der Waals surface area contributed by atoms with Gasteiger partial charge < -0.3 is 4.52 Å². The summed E-state index contributed by atoms with van der Waals surface area (Å²) in [5.74, 6) is 0.650. The predicted molar refractivity (Wildman–Crippen MR) is 111 cm³/mol. The Kier molecular flexibility index (Phi) is 5.07. The van der Waals surface area contributed by atoms with Crippen LogP contribution in [-0.4, -0.2) is 19.3 Å². The molecule has 4 aromatic rings. The molecule has 0 amide bonds. The van der Waals surface area contributed by atoms with Crippen LogP contribution in [-0.2, 0) is 6.54 Å². The van der Waals surface area contributed by atoms with Gasteiger partial charge in [0.05, 0.1) is 10.9 Å². The third kappa shape index (κ3) is 3.49. The number of hydrogen-bond acceptors (Lipinski definition) is 5. The van der Waals surface area contributed by atoms with E-state index < -0.39 is 5.69 Å². The van der Waals surface area contributed by atoms with Crippen LogP contribution in [0.5, 0.6) is 0 Å². The summed E-state index contributed by atoms with van der Waals surface area (Å²) in [6.45, 7) is 3.85. The van der Waals surface area contributed by atoms with Crippen LogP contribution >= 0.6 is 11.6 Å². The molecule has 29 heavy (non-hydrogen) atoms. The molecule has 0 N–H and O–H groups in total. The lowest BCUT2D eigenvalue weighted by atomic mass is 10.2. The molecule has 4 rings (SSSR count). The molecule has 148 valence electrons. The lowest BCUT2D eigenvalue weighted by Gasteiger charge is -2.16. The van der Waals surface area contributed by atoms with E-state index in [0.717, 1.165) is 0 Å². The van der Waals surface area contributed by atoms with Gasteiger partial charge in [-0.15, -0.1) is 0 Å². The van der Waals surface area contributed by atoms with Crippen molar-refractivity contribution in [3.8, 4) is 11.4 Å². The van der Waals surface area contributed by atoms with E-state index in [2.05, 4.69) is 10.1 Å². The van der Waals surface area contributed by atoms with Gasteiger partial charge in [0.2, 0.25) is 11.7 Å². The Bertz CT molecular complexity index is 1310. The summed E-state index contributed by atoms with van der Waals surface area (Å²) < 4.78 is 8.16. The molecule has 0 fully saturated rings. The van der Waals surface area contributed by atoms with Gasteiger partial charge >= 0.3 is 5.69 Å². The van der Waals surface area contributed by atoms with Gasteiger partial charge in [0.1, 0.15) is 6.54 Å². The highest BCUT2D eigenvalue weighted by Gasteiger charge is 2.18. The van der Waals surface area contributed by atoms with Gasteiger partial charge in [-0.25, -0.2) is 4.79 Å². The van der Waals surface area contributed by atoms with Crippen molar-refractivity contribution in [2.24, 2.45) is 0 Å². The molecule has 2 aromatic heterocycles. The predicted octanol–water partition coefficient (Wildman–Crippen LogP) is 3.89. The van der Waals surface area contributed by atoms with E-state index in [0.29, 0.717) is 33.7 Å². The Morgan fingerprint density at radius 1 is 1.14 bits per heavy atom. The Labute approximate surface area is 171 Å². The van der Waals surface area contributed by atoms with Gasteiger partial charge in [-0.1, -0.05) is 47.9 Å². The first kappa shape index (κ1) is 19.1. The van der Waals surface area contributed by atoms with Crippen LogP contribution in [0.15, 0.2) is 62.6 Å². The summed E-state index contributed by atoms with van der Waals surface area (Å²) >= 11 is 6.03. The zero-order valence-corrected chi connectivity index (χ0v) is 16.8. The van der Waals surface area contributed by atoms with Gasteiger partial charge in [0.25, 0.3) is 5.56 Å². The molecule has 0 saturated carbocycles. The van der Waals surface area contributed by atoms with Gasteiger partial charge in [0.15, 0.2) is 0 Å². The molecule has 0 unspecified atom stereocenters. The quantitative estimate of drug-likeness (QED) is 0.498. The summed E-state index contributed by atoms with van der Waals surface area (Å²) in [6.07, 6.45) is 0.660. The Morgan fingerprint density at radius 3 is 2.69 bits per heavy atom. The minimum Gasteiger partial charge on any atom is -0.337 e. The van der Waals surface area contributed by atoms with Crippen molar-refractivity contribution < 1.29 is 4.52 Å². The number of fused-ring (bicyclic) bond motifs is 1. The van der Waals surface area contributed by atoms with E-state index in [4.69, 9.17) is 16.1 Å². The van der Waals surface area contributed by atoms with Crippen LogP contribution in [0.4, 0.5) is 0 Å². The molecule has 0 bridgehead atoms. The highest BCUT2D eigenvalue weighted by molar-refractivity contribution is 6.30. The largest absolute Gasteiger partial charge is 0.337 e. The molecule has 0 aliphatic rings. The normalized spacial score (nSPS) is 12.4. The van der Waals surface area contributed by atoms with E-state index in [1.54, 1.807) is 42.5 Å². The van der Waals surface area contributed by atoms with E-state index in [1.165, 1.54) is 9.13 Å². The molecule has 0 aliphatic heterocycles. The monoisotopic (exact) mass is 410 g/mol. The number of aromatic nitrogens is 4. The molecule has 7 nitrogen and oxygen atoms in total. The number of hydrogen-bond donors (Lipinski definition) is 0. The van der Waals surface area contributed by atoms with Crippen molar-refractivity contribution in [3.63, 3.8) is 0 Å². The number of halogens is 1. The molecule has 8 heteroatoms. The number of benzene rings is 2. The van der Waals surface area contributed by atoms with Crippen molar-refractivity contribution in [3.05, 3.63) is 80.3 Å². The van der Waals surface area contributed by atoms with Crippen molar-refractivity contribution in [2.45, 2.75) is 32.9 Å². The van der Waals surface area contributed by atoms with E-state index in [9.17, 15) is 9.59 Å². The first-order valence-corrected chi connectivity index (χ1v) is 9.70. The van der Waals surface area contributed by atoms with Crippen LogP contribution in [0.3, 0.4) is 0 Å².